The number of carbonyl (C=O) groups is 4. The van der Waals surface area contributed by atoms with E-state index in [1.54, 1.807) is 13.0 Å². The molecular weight excluding hydrogens is 586 g/mol. The predicted octanol–water partition coefficient (Wildman–Crippen LogP) is 3.45. The first-order valence-corrected chi connectivity index (χ1v) is 17.0. The van der Waals surface area contributed by atoms with Crippen molar-refractivity contribution in [1.82, 2.24) is 15.1 Å². The maximum atomic E-state index is 14.8. The number of nitrogens with one attached hydrogen (secondary N) is 1. The molecule has 10 heteroatoms. The number of aliphatic hydroxyl groups is 1. The van der Waals surface area contributed by atoms with Crippen LogP contribution in [-0.2, 0) is 28.7 Å². The molecule has 0 bridgehead atoms. The summed E-state index contributed by atoms with van der Waals surface area (Å²) in [6.07, 6.45) is 11.3. The summed E-state index contributed by atoms with van der Waals surface area (Å²) in [4.78, 5) is 60.2. The third-order valence-corrected chi connectivity index (χ3v) is 10.6. The molecule has 4 aliphatic heterocycles. The summed E-state index contributed by atoms with van der Waals surface area (Å²) in [7, 11) is 0. The van der Waals surface area contributed by atoms with Crippen molar-refractivity contribution in [2.45, 2.75) is 108 Å². The van der Waals surface area contributed by atoms with Gasteiger partial charge in [0.2, 0.25) is 17.7 Å². The van der Waals surface area contributed by atoms with Gasteiger partial charge < -0.3 is 29.7 Å². The second-order valence-corrected chi connectivity index (χ2v) is 13.9. The van der Waals surface area contributed by atoms with Crippen molar-refractivity contribution in [3.05, 3.63) is 60.2 Å². The third-order valence-electron chi connectivity index (χ3n) is 10.6. The van der Waals surface area contributed by atoms with E-state index >= 15 is 0 Å². The Morgan fingerprint density at radius 2 is 1.76 bits per heavy atom. The topological polar surface area (TPSA) is 125 Å². The van der Waals surface area contributed by atoms with Crippen LogP contribution in [-0.4, -0.2) is 87.6 Å². The van der Waals surface area contributed by atoms with Gasteiger partial charge >= 0.3 is 5.97 Å². The molecule has 3 amide bonds. The molecule has 1 spiro atoms. The highest BCUT2D eigenvalue weighted by molar-refractivity contribution is 5.99. The second kappa shape index (κ2) is 13.3. The van der Waals surface area contributed by atoms with Gasteiger partial charge in [-0.1, -0.05) is 87.7 Å². The molecule has 1 aliphatic carbocycles. The standard InChI is InChI=1S/C36H47N3O7/c1-22(2)26(21-40)39-32-34(43)38(25-15-8-5-9-16-25)20-12-19-36(32)30(33(39)42)29-27(46-36)17-10-11-18-28(41)37-23(3)31(45-35(29)44)24-13-6-4-7-14-24/h4,6-7,10,12-14,17,19,22-23,25-27,29-32,40H,5,8-9,11,15-16,18,20-21H2,1-3H3,(H,37,41)/b17-10-/t23-,26-,27-,29+,30+,31+,32-,36+/m0/s1. The van der Waals surface area contributed by atoms with Crippen LogP contribution in [0.15, 0.2) is 54.6 Å². The van der Waals surface area contributed by atoms with Crippen molar-refractivity contribution in [1.29, 1.82) is 0 Å². The molecule has 0 unspecified atom stereocenters. The first kappa shape index (κ1) is 32.4. The molecule has 6 rings (SSSR count). The Bertz CT molecular complexity index is 1370. The van der Waals surface area contributed by atoms with Gasteiger partial charge in [-0.05, 0) is 37.7 Å². The summed E-state index contributed by atoms with van der Waals surface area (Å²) in [6, 6.07) is 7.08. The van der Waals surface area contributed by atoms with Crippen LogP contribution in [0.4, 0.5) is 0 Å². The number of amides is 3. The molecular formula is C36H47N3O7. The van der Waals surface area contributed by atoms with Crippen LogP contribution >= 0.6 is 0 Å². The number of cyclic esters (lactones) is 1. The van der Waals surface area contributed by atoms with Gasteiger partial charge in [-0.25, -0.2) is 0 Å². The number of fused-ring (bicyclic) bond motifs is 2. The molecule has 8 atom stereocenters. The number of likely N-dealkylation sites (tertiary alicyclic amines) is 1. The molecule has 1 aromatic rings. The number of ether oxygens (including phenoxy) is 2. The van der Waals surface area contributed by atoms with Gasteiger partial charge in [-0.2, -0.15) is 0 Å². The Hall–Kier alpha value is -3.50. The highest BCUT2D eigenvalue weighted by Crippen LogP contribution is 2.54. The predicted molar refractivity (Wildman–Crippen MR) is 170 cm³/mol. The van der Waals surface area contributed by atoms with E-state index in [9.17, 15) is 24.3 Å². The van der Waals surface area contributed by atoms with E-state index in [1.165, 1.54) is 4.90 Å². The highest BCUT2D eigenvalue weighted by Gasteiger charge is 2.73. The van der Waals surface area contributed by atoms with Crippen molar-refractivity contribution >= 4 is 23.7 Å². The number of hydrogen-bond donors (Lipinski definition) is 2. The van der Waals surface area contributed by atoms with Gasteiger partial charge in [-0.15, -0.1) is 0 Å². The Morgan fingerprint density at radius 3 is 2.46 bits per heavy atom. The number of nitrogens with zero attached hydrogens (tertiary/aromatic N) is 2. The zero-order valence-electron chi connectivity index (χ0n) is 27.0. The van der Waals surface area contributed by atoms with E-state index in [2.05, 4.69) is 5.32 Å². The van der Waals surface area contributed by atoms with Gasteiger partial charge in [0.15, 0.2) is 0 Å². The molecule has 46 heavy (non-hydrogen) atoms. The number of hydrogen-bond acceptors (Lipinski definition) is 7. The summed E-state index contributed by atoms with van der Waals surface area (Å²) in [5.41, 5.74) is -0.716. The van der Waals surface area contributed by atoms with E-state index in [0.29, 0.717) is 18.5 Å². The van der Waals surface area contributed by atoms with E-state index in [-0.39, 0.29) is 42.7 Å². The van der Waals surface area contributed by atoms with Crippen molar-refractivity contribution in [3.8, 4) is 0 Å². The average Bonchev–Trinajstić information content (AvgIpc) is 3.43. The normalized spacial score (nSPS) is 35.3. The van der Waals surface area contributed by atoms with Crippen molar-refractivity contribution in [2.24, 2.45) is 17.8 Å². The number of carbonyl (C=O) groups excluding carboxylic acids is 4. The van der Waals surface area contributed by atoms with Gasteiger partial charge in [-0.3, -0.25) is 19.2 Å². The minimum absolute atomic E-state index is 0.0568. The van der Waals surface area contributed by atoms with E-state index in [1.807, 2.05) is 67.3 Å². The van der Waals surface area contributed by atoms with Crippen LogP contribution in [0, 0.1) is 17.8 Å². The van der Waals surface area contributed by atoms with Crippen LogP contribution in [0.1, 0.15) is 77.4 Å². The molecule has 1 aromatic carbocycles. The maximum absolute atomic E-state index is 14.8. The molecule has 0 aromatic heterocycles. The number of allylic oxidation sites excluding steroid dienone is 1. The summed E-state index contributed by atoms with van der Waals surface area (Å²) >= 11 is 0. The Labute approximate surface area is 271 Å². The zero-order valence-corrected chi connectivity index (χ0v) is 27.0. The summed E-state index contributed by atoms with van der Waals surface area (Å²) in [5.74, 6) is -3.61. The maximum Gasteiger partial charge on any atom is 0.313 e. The molecule has 0 radical (unpaired) electrons. The van der Waals surface area contributed by atoms with Gasteiger partial charge in [0.25, 0.3) is 0 Å². The third kappa shape index (κ3) is 5.68. The fraction of sp³-hybridized carbons (Fsp3) is 0.611. The first-order chi connectivity index (χ1) is 22.2. The Kier molecular flexibility index (Phi) is 9.39. The Morgan fingerprint density at radius 1 is 1.02 bits per heavy atom. The van der Waals surface area contributed by atoms with Crippen molar-refractivity contribution in [2.75, 3.05) is 13.2 Å². The van der Waals surface area contributed by atoms with Crippen molar-refractivity contribution < 1.29 is 33.8 Å². The number of aliphatic hydroxyl groups excluding tert-OH is 1. The number of rotatable bonds is 5. The van der Waals surface area contributed by atoms with E-state index in [4.69, 9.17) is 9.47 Å². The smallest absolute Gasteiger partial charge is 0.313 e. The fourth-order valence-electron chi connectivity index (χ4n) is 8.36. The summed E-state index contributed by atoms with van der Waals surface area (Å²) in [6.45, 7) is 5.70. The monoisotopic (exact) mass is 633 g/mol. The van der Waals surface area contributed by atoms with Crippen molar-refractivity contribution in [3.63, 3.8) is 0 Å². The van der Waals surface area contributed by atoms with Crippen LogP contribution in [0.3, 0.4) is 0 Å². The molecule has 248 valence electrons. The number of esters is 1. The minimum Gasteiger partial charge on any atom is -0.455 e. The van der Waals surface area contributed by atoms with Crippen LogP contribution in [0.25, 0.3) is 0 Å². The van der Waals surface area contributed by atoms with Crippen LogP contribution < -0.4 is 5.32 Å². The fourth-order valence-corrected chi connectivity index (χ4v) is 8.36. The van der Waals surface area contributed by atoms with Crippen LogP contribution in [0.2, 0.25) is 0 Å². The van der Waals surface area contributed by atoms with E-state index < -0.39 is 53.7 Å². The summed E-state index contributed by atoms with van der Waals surface area (Å²) < 4.78 is 13.1. The second-order valence-electron chi connectivity index (χ2n) is 13.9. The lowest BCUT2D eigenvalue weighted by Gasteiger charge is -2.42. The molecule has 2 saturated heterocycles. The SMILES string of the molecule is CC(C)[C@H](CO)N1C(=O)[C@H]2[C@@H]3C(=O)O[C@@H](c4ccccc4)[C@H](C)NC(=O)CC/C=C\[C@@H]3O[C@]23C=CCN(C2CCCCC2)C(=O)[C@H]13. The van der Waals surface area contributed by atoms with Gasteiger partial charge in [0, 0.05) is 19.0 Å². The quantitative estimate of drug-likeness (QED) is 0.376. The molecule has 4 heterocycles. The zero-order chi connectivity index (χ0) is 32.6. The van der Waals surface area contributed by atoms with E-state index in [0.717, 1.165) is 32.1 Å². The molecule has 1 saturated carbocycles. The Balaban J connectivity index is 1.45. The lowest BCUT2D eigenvalue weighted by molar-refractivity contribution is -0.162. The minimum atomic E-state index is -1.43. The molecule has 10 nitrogen and oxygen atoms in total. The van der Waals surface area contributed by atoms with Gasteiger partial charge in [0.05, 0.1) is 30.7 Å². The average molecular weight is 634 g/mol. The summed E-state index contributed by atoms with van der Waals surface area (Å²) in [5, 5.41) is 13.6. The largest absolute Gasteiger partial charge is 0.455 e. The first-order valence-electron chi connectivity index (χ1n) is 17.0. The molecule has 3 fully saturated rings. The molecule has 5 aliphatic rings. The van der Waals surface area contributed by atoms with Crippen LogP contribution in [0.5, 0.6) is 0 Å². The number of benzene rings is 1. The lowest BCUT2D eigenvalue weighted by Crippen LogP contribution is -2.60. The molecule has 2 N–H and O–H groups in total. The van der Waals surface area contributed by atoms with Gasteiger partial charge in [0.1, 0.15) is 23.7 Å². The lowest BCUT2D eigenvalue weighted by atomic mass is 9.77. The highest BCUT2D eigenvalue weighted by atomic mass is 16.6.